The molecule has 1 aliphatic carbocycles. The number of amides is 3. The summed E-state index contributed by atoms with van der Waals surface area (Å²) in [4.78, 5) is 44.0. The molecule has 0 N–H and O–H groups in total. The number of anilines is 2. The molecule has 32 heavy (non-hydrogen) atoms. The summed E-state index contributed by atoms with van der Waals surface area (Å²) in [6.45, 7) is 2.73. The lowest BCUT2D eigenvalue weighted by molar-refractivity contribution is -0.122. The van der Waals surface area contributed by atoms with Crippen molar-refractivity contribution in [3.8, 4) is 0 Å². The van der Waals surface area contributed by atoms with E-state index in [1.807, 2.05) is 29.2 Å². The van der Waals surface area contributed by atoms with Gasteiger partial charge in [0.2, 0.25) is 11.8 Å². The van der Waals surface area contributed by atoms with E-state index in [1.54, 1.807) is 24.3 Å². The molecule has 7 heteroatoms. The Labute approximate surface area is 192 Å². The summed E-state index contributed by atoms with van der Waals surface area (Å²) < 4.78 is 0. The predicted octanol–water partition coefficient (Wildman–Crippen LogP) is 3.98. The van der Waals surface area contributed by atoms with E-state index < -0.39 is 0 Å². The number of halogens is 1. The fourth-order valence-electron chi connectivity index (χ4n) is 5.19. The highest BCUT2D eigenvalue weighted by Gasteiger charge is 2.48. The van der Waals surface area contributed by atoms with Crippen LogP contribution in [0.5, 0.6) is 0 Å². The van der Waals surface area contributed by atoms with Crippen molar-refractivity contribution in [1.82, 2.24) is 4.90 Å². The minimum Gasteiger partial charge on any atom is -0.368 e. The van der Waals surface area contributed by atoms with Crippen LogP contribution in [0.4, 0.5) is 11.4 Å². The van der Waals surface area contributed by atoms with Gasteiger partial charge in [-0.25, -0.2) is 0 Å². The second-order valence-electron chi connectivity index (χ2n) is 8.82. The van der Waals surface area contributed by atoms with Gasteiger partial charge in [-0.05, 0) is 55.3 Å². The van der Waals surface area contributed by atoms with Crippen molar-refractivity contribution in [1.29, 1.82) is 0 Å². The number of hydrogen-bond acceptors (Lipinski definition) is 4. The smallest absolute Gasteiger partial charge is 0.253 e. The largest absolute Gasteiger partial charge is 0.368 e. The van der Waals surface area contributed by atoms with Crippen molar-refractivity contribution in [3.63, 3.8) is 0 Å². The number of imide groups is 1. The van der Waals surface area contributed by atoms with Gasteiger partial charge in [0.05, 0.1) is 17.5 Å². The number of carbonyl (C=O) groups excluding carboxylic acids is 3. The number of fused-ring (bicyclic) bond motifs is 1. The van der Waals surface area contributed by atoms with Gasteiger partial charge in [-0.3, -0.25) is 19.3 Å². The molecule has 3 aliphatic rings. The number of nitrogens with zero attached hydrogens (tertiary/aromatic N) is 3. The molecule has 2 atom stereocenters. The molecular weight excluding hydrogens is 426 g/mol. The molecule has 2 aromatic rings. The molecule has 0 bridgehead atoms. The lowest BCUT2D eigenvalue weighted by Gasteiger charge is -2.36. The van der Waals surface area contributed by atoms with Crippen LogP contribution in [-0.2, 0) is 9.59 Å². The van der Waals surface area contributed by atoms with Crippen LogP contribution in [0.2, 0.25) is 5.02 Å². The Morgan fingerprint density at radius 3 is 2.03 bits per heavy atom. The van der Waals surface area contributed by atoms with Gasteiger partial charge >= 0.3 is 0 Å². The molecule has 2 aliphatic heterocycles. The highest BCUT2D eigenvalue weighted by atomic mass is 35.5. The number of carbonyl (C=O) groups is 3. The van der Waals surface area contributed by atoms with Gasteiger partial charge < -0.3 is 9.80 Å². The van der Waals surface area contributed by atoms with E-state index in [4.69, 9.17) is 11.6 Å². The van der Waals surface area contributed by atoms with Gasteiger partial charge in [-0.15, -0.1) is 0 Å². The first-order valence-corrected chi connectivity index (χ1v) is 11.7. The molecule has 2 aromatic carbocycles. The molecule has 2 saturated heterocycles. The maximum Gasteiger partial charge on any atom is 0.253 e. The van der Waals surface area contributed by atoms with Crippen molar-refractivity contribution in [2.75, 3.05) is 36.0 Å². The second kappa shape index (κ2) is 8.58. The van der Waals surface area contributed by atoms with Crippen LogP contribution < -0.4 is 9.80 Å². The van der Waals surface area contributed by atoms with Crippen LogP contribution in [0.15, 0.2) is 48.5 Å². The normalized spacial score (nSPS) is 23.5. The third-order valence-corrected chi connectivity index (χ3v) is 7.19. The highest BCUT2D eigenvalue weighted by Crippen LogP contribution is 2.40. The Balaban J connectivity index is 1.24. The van der Waals surface area contributed by atoms with Crippen molar-refractivity contribution < 1.29 is 14.4 Å². The highest BCUT2D eigenvalue weighted by molar-refractivity contribution is 6.30. The average Bonchev–Trinajstić information content (AvgIpc) is 3.09. The first-order valence-electron chi connectivity index (χ1n) is 11.3. The van der Waals surface area contributed by atoms with Crippen molar-refractivity contribution in [2.24, 2.45) is 11.8 Å². The van der Waals surface area contributed by atoms with Gasteiger partial charge in [0.25, 0.3) is 5.91 Å². The van der Waals surface area contributed by atoms with E-state index in [2.05, 4.69) is 4.90 Å². The molecule has 0 spiro atoms. The minimum atomic E-state index is -0.173. The van der Waals surface area contributed by atoms with Crippen LogP contribution in [0, 0.1) is 11.8 Å². The van der Waals surface area contributed by atoms with Crippen LogP contribution in [0.1, 0.15) is 36.0 Å². The molecule has 0 aromatic heterocycles. The van der Waals surface area contributed by atoms with Gasteiger partial charge in [-0.1, -0.05) is 30.5 Å². The van der Waals surface area contributed by atoms with E-state index in [-0.39, 0.29) is 29.6 Å². The van der Waals surface area contributed by atoms with Crippen molar-refractivity contribution >= 4 is 40.7 Å². The van der Waals surface area contributed by atoms with Gasteiger partial charge in [0.15, 0.2) is 0 Å². The number of piperazine rings is 1. The monoisotopic (exact) mass is 451 g/mol. The maximum atomic E-state index is 13.0. The molecule has 1 saturated carbocycles. The van der Waals surface area contributed by atoms with Crippen molar-refractivity contribution in [2.45, 2.75) is 25.7 Å². The predicted molar refractivity (Wildman–Crippen MR) is 124 cm³/mol. The number of rotatable bonds is 3. The summed E-state index contributed by atoms with van der Waals surface area (Å²) in [5, 5.41) is 0.704. The summed E-state index contributed by atoms with van der Waals surface area (Å²) >= 11 is 6.10. The zero-order chi connectivity index (χ0) is 22.2. The zero-order valence-corrected chi connectivity index (χ0v) is 18.6. The van der Waals surface area contributed by atoms with Gasteiger partial charge in [-0.2, -0.15) is 0 Å². The fraction of sp³-hybridized carbons (Fsp3) is 0.400. The second-order valence-corrected chi connectivity index (χ2v) is 9.25. The molecule has 6 nitrogen and oxygen atoms in total. The van der Waals surface area contributed by atoms with Crippen molar-refractivity contribution in [3.05, 3.63) is 59.1 Å². The first kappa shape index (κ1) is 21.0. The Bertz CT molecular complexity index is 1020. The Hall–Kier alpha value is -2.86. The zero-order valence-electron chi connectivity index (χ0n) is 17.9. The lowest BCUT2D eigenvalue weighted by atomic mass is 9.81. The van der Waals surface area contributed by atoms with Crippen LogP contribution >= 0.6 is 11.6 Å². The average molecular weight is 452 g/mol. The SMILES string of the molecule is O=C(c1ccc(N2C(=O)[C@H]3CCCC[C@H]3C2=O)cc1)N1CCN(c2cccc(Cl)c2)CC1. The standard InChI is InChI=1S/C25H26ClN3O3/c26-18-4-3-5-20(16-18)27-12-14-28(15-13-27)23(30)17-8-10-19(11-9-17)29-24(31)21-6-1-2-7-22(21)25(29)32/h3-5,8-11,16,21-22H,1-2,6-7,12-15H2/t21-,22+. The molecular formula is C25H26ClN3O3. The summed E-state index contributed by atoms with van der Waals surface area (Å²) in [6.07, 6.45) is 3.60. The molecule has 0 radical (unpaired) electrons. The van der Waals surface area contributed by atoms with E-state index in [0.29, 0.717) is 29.4 Å². The van der Waals surface area contributed by atoms with Crippen LogP contribution in [-0.4, -0.2) is 48.8 Å². The number of benzene rings is 2. The quantitative estimate of drug-likeness (QED) is 0.662. The Morgan fingerprint density at radius 2 is 1.44 bits per heavy atom. The third kappa shape index (κ3) is 3.77. The summed E-state index contributed by atoms with van der Waals surface area (Å²) in [7, 11) is 0. The van der Waals surface area contributed by atoms with E-state index in [9.17, 15) is 14.4 Å². The minimum absolute atomic E-state index is 0.0324. The number of hydrogen-bond donors (Lipinski definition) is 0. The van der Waals surface area contributed by atoms with E-state index in [1.165, 1.54) is 4.90 Å². The molecule has 2 heterocycles. The molecule has 5 rings (SSSR count). The fourth-order valence-corrected chi connectivity index (χ4v) is 5.38. The summed E-state index contributed by atoms with van der Waals surface area (Å²) in [5.74, 6) is -0.552. The Morgan fingerprint density at radius 1 is 0.812 bits per heavy atom. The third-order valence-electron chi connectivity index (χ3n) is 6.95. The summed E-state index contributed by atoms with van der Waals surface area (Å²) in [6, 6.07) is 14.7. The molecule has 0 unspecified atom stereocenters. The topological polar surface area (TPSA) is 60.9 Å². The molecule has 3 amide bonds. The lowest BCUT2D eigenvalue weighted by Crippen LogP contribution is -2.48. The van der Waals surface area contributed by atoms with Gasteiger partial charge in [0, 0.05) is 42.5 Å². The van der Waals surface area contributed by atoms with Crippen LogP contribution in [0.25, 0.3) is 0 Å². The Kier molecular flexibility index (Phi) is 5.64. The first-order chi connectivity index (χ1) is 15.5. The van der Waals surface area contributed by atoms with E-state index in [0.717, 1.165) is 44.5 Å². The maximum absolute atomic E-state index is 13.0. The summed E-state index contributed by atoms with van der Waals surface area (Å²) in [5.41, 5.74) is 2.20. The van der Waals surface area contributed by atoms with Crippen LogP contribution in [0.3, 0.4) is 0 Å². The molecule has 3 fully saturated rings. The van der Waals surface area contributed by atoms with E-state index >= 15 is 0 Å². The van der Waals surface area contributed by atoms with Gasteiger partial charge in [0.1, 0.15) is 0 Å². The molecule has 166 valence electrons.